The van der Waals surface area contributed by atoms with Gasteiger partial charge in [0.1, 0.15) is 5.82 Å². The normalized spacial score (nSPS) is 10.5. The number of carbonyl (C=O) groups is 1. The van der Waals surface area contributed by atoms with Crippen molar-refractivity contribution in [1.29, 1.82) is 0 Å². The van der Waals surface area contributed by atoms with Gasteiger partial charge in [-0.05, 0) is 24.6 Å². The van der Waals surface area contributed by atoms with Crippen LogP contribution in [-0.4, -0.2) is 20.9 Å². The van der Waals surface area contributed by atoms with Crippen LogP contribution in [0.1, 0.15) is 21.5 Å². The molecule has 88 valence electrons. The topological polar surface area (TPSA) is 55.1 Å². The Bertz CT molecular complexity index is 563. The number of rotatable bonds is 3. The second-order valence-electron chi connectivity index (χ2n) is 3.83. The van der Waals surface area contributed by atoms with Crippen molar-refractivity contribution in [1.82, 2.24) is 9.78 Å². The lowest BCUT2D eigenvalue weighted by molar-refractivity contribution is 0.0696. The lowest BCUT2D eigenvalue weighted by atomic mass is 10.1. The Balaban J connectivity index is 2.25. The van der Waals surface area contributed by atoms with Gasteiger partial charge in [-0.1, -0.05) is 6.07 Å². The third-order valence-electron chi connectivity index (χ3n) is 2.39. The first kappa shape index (κ1) is 11.3. The van der Waals surface area contributed by atoms with Gasteiger partial charge in [0.05, 0.1) is 18.3 Å². The lowest BCUT2D eigenvalue weighted by Gasteiger charge is -2.04. The first-order chi connectivity index (χ1) is 8.06. The minimum absolute atomic E-state index is 0.0529. The molecule has 5 heteroatoms. The molecule has 1 N–H and O–H groups in total. The standard InChI is InChI=1S/C12H11FN2O2/c1-8-5-14-15(6-8)7-10-3-2-9(12(16)17)4-11(10)13/h2-6H,7H2,1H3,(H,16,17). The van der Waals surface area contributed by atoms with E-state index in [2.05, 4.69) is 5.10 Å². The highest BCUT2D eigenvalue weighted by molar-refractivity contribution is 5.87. The number of carboxylic acid groups (broad SMARTS) is 1. The molecule has 0 saturated heterocycles. The monoisotopic (exact) mass is 234 g/mol. The summed E-state index contributed by atoms with van der Waals surface area (Å²) >= 11 is 0. The predicted octanol–water partition coefficient (Wildman–Crippen LogP) is 2.08. The number of aryl methyl sites for hydroxylation is 1. The molecule has 0 aliphatic carbocycles. The molecule has 0 aliphatic rings. The summed E-state index contributed by atoms with van der Waals surface area (Å²) in [5.74, 6) is -1.66. The van der Waals surface area contributed by atoms with Crippen LogP contribution in [0.3, 0.4) is 0 Å². The largest absolute Gasteiger partial charge is 0.478 e. The fraction of sp³-hybridized carbons (Fsp3) is 0.167. The van der Waals surface area contributed by atoms with E-state index in [-0.39, 0.29) is 5.56 Å². The number of aromatic carboxylic acids is 1. The average molecular weight is 234 g/mol. The molecule has 1 heterocycles. The lowest BCUT2D eigenvalue weighted by Crippen LogP contribution is -2.04. The van der Waals surface area contributed by atoms with E-state index in [9.17, 15) is 9.18 Å². The number of benzene rings is 1. The third kappa shape index (κ3) is 2.50. The number of hydrogen-bond acceptors (Lipinski definition) is 2. The molecule has 0 aliphatic heterocycles. The molecular weight excluding hydrogens is 223 g/mol. The van der Waals surface area contributed by atoms with E-state index in [0.717, 1.165) is 11.6 Å². The first-order valence-corrected chi connectivity index (χ1v) is 5.07. The van der Waals surface area contributed by atoms with E-state index in [1.807, 2.05) is 6.92 Å². The zero-order valence-electron chi connectivity index (χ0n) is 9.22. The summed E-state index contributed by atoms with van der Waals surface area (Å²) in [6, 6.07) is 3.88. The van der Waals surface area contributed by atoms with E-state index < -0.39 is 11.8 Å². The Morgan fingerprint density at radius 1 is 1.53 bits per heavy atom. The number of hydrogen-bond donors (Lipinski definition) is 1. The van der Waals surface area contributed by atoms with E-state index in [1.54, 1.807) is 17.1 Å². The van der Waals surface area contributed by atoms with Crippen molar-refractivity contribution in [3.05, 3.63) is 53.1 Å². The van der Waals surface area contributed by atoms with Crippen LogP contribution in [0.4, 0.5) is 4.39 Å². The molecule has 0 fully saturated rings. The van der Waals surface area contributed by atoms with Gasteiger partial charge in [-0.25, -0.2) is 9.18 Å². The van der Waals surface area contributed by atoms with Crippen molar-refractivity contribution in [2.24, 2.45) is 0 Å². The third-order valence-corrected chi connectivity index (χ3v) is 2.39. The molecule has 2 aromatic rings. The molecule has 0 amide bonds. The van der Waals surface area contributed by atoms with E-state index in [0.29, 0.717) is 12.1 Å². The number of aromatic nitrogens is 2. The van der Waals surface area contributed by atoms with Gasteiger partial charge in [0, 0.05) is 11.8 Å². The van der Waals surface area contributed by atoms with Crippen molar-refractivity contribution >= 4 is 5.97 Å². The van der Waals surface area contributed by atoms with Gasteiger partial charge < -0.3 is 5.11 Å². The van der Waals surface area contributed by atoms with Crippen LogP contribution in [0.2, 0.25) is 0 Å². The van der Waals surface area contributed by atoms with Crippen LogP contribution in [0, 0.1) is 12.7 Å². The summed E-state index contributed by atoms with van der Waals surface area (Å²) in [5, 5.41) is 12.8. The van der Waals surface area contributed by atoms with Gasteiger partial charge in [0.25, 0.3) is 0 Å². The molecule has 0 unspecified atom stereocenters. The van der Waals surface area contributed by atoms with Crippen molar-refractivity contribution in [3.8, 4) is 0 Å². The van der Waals surface area contributed by atoms with Gasteiger partial charge in [-0.15, -0.1) is 0 Å². The highest BCUT2D eigenvalue weighted by Gasteiger charge is 2.08. The van der Waals surface area contributed by atoms with E-state index in [4.69, 9.17) is 5.11 Å². The van der Waals surface area contributed by atoms with Crippen LogP contribution in [0.15, 0.2) is 30.6 Å². The Kier molecular flexibility index (Phi) is 2.91. The number of halogens is 1. The maximum atomic E-state index is 13.6. The summed E-state index contributed by atoms with van der Waals surface area (Å²) in [7, 11) is 0. The maximum absolute atomic E-state index is 13.6. The van der Waals surface area contributed by atoms with E-state index >= 15 is 0 Å². The quantitative estimate of drug-likeness (QED) is 0.884. The van der Waals surface area contributed by atoms with Crippen molar-refractivity contribution in [3.63, 3.8) is 0 Å². The molecule has 4 nitrogen and oxygen atoms in total. The summed E-state index contributed by atoms with van der Waals surface area (Å²) in [6.45, 7) is 2.19. The van der Waals surface area contributed by atoms with Crippen LogP contribution in [0.25, 0.3) is 0 Å². The van der Waals surface area contributed by atoms with Crippen molar-refractivity contribution in [2.75, 3.05) is 0 Å². The number of nitrogens with zero attached hydrogens (tertiary/aromatic N) is 2. The average Bonchev–Trinajstić information content (AvgIpc) is 2.67. The van der Waals surface area contributed by atoms with Gasteiger partial charge in [0.2, 0.25) is 0 Å². The summed E-state index contributed by atoms with van der Waals surface area (Å²) in [6.07, 6.45) is 3.48. The van der Waals surface area contributed by atoms with Crippen LogP contribution in [-0.2, 0) is 6.54 Å². The molecule has 0 radical (unpaired) electrons. The van der Waals surface area contributed by atoms with Gasteiger partial charge in [-0.3, -0.25) is 4.68 Å². The molecule has 0 atom stereocenters. The SMILES string of the molecule is Cc1cnn(Cc2ccc(C(=O)O)cc2F)c1. The van der Waals surface area contributed by atoms with Gasteiger partial charge in [-0.2, -0.15) is 5.10 Å². The Hall–Kier alpha value is -2.17. The van der Waals surface area contributed by atoms with Gasteiger partial charge in [0.15, 0.2) is 0 Å². The molecule has 0 saturated carbocycles. The molecule has 17 heavy (non-hydrogen) atoms. The highest BCUT2D eigenvalue weighted by Crippen LogP contribution is 2.12. The summed E-state index contributed by atoms with van der Waals surface area (Å²) in [4.78, 5) is 10.6. The first-order valence-electron chi connectivity index (χ1n) is 5.07. The maximum Gasteiger partial charge on any atom is 0.335 e. The molecule has 0 bridgehead atoms. The zero-order valence-corrected chi connectivity index (χ0v) is 9.22. The molecule has 1 aromatic heterocycles. The van der Waals surface area contributed by atoms with Crippen LogP contribution >= 0.6 is 0 Å². The minimum Gasteiger partial charge on any atom is -0.478 e. The van der Waals surface area contributed by atoms with Crippen LogP contribution < -0.4 is 0 Å². The molecule has 1 aromatic carbocycles. The van der Waals surface area contributed by atoms with Crippen LogP contribution in [0.5, 0.6) is 0 Å². The molecular formula is C12H11FN2O2. The smallest absolute Gasteiger partial charge is 0.335 e. The highest BCUT2D eigenvalue weighted by atomic mass is 19.1. The van der Waals surface area contributed by atoms with Crippen molar-refractivity contribution in [2.45, 2.75) is 13.5 Å². The van der Waals surface area contributed by atoms with Crippen molar-refractivity contribution < 1.29 is 14.3 Å². The Morgan fingerprint density at radius 2 is 2.29 bits per heavy atom. The van der Waals surface area contributed by atoms with E-state index in [1.165, 1.54) is 12.1 Å². The number of carboxylic acids is 1. The molecule has 2 rings (SSSR count). The van der Waals surface area contributed by atoms with Gasteiger partial charge >= 0.3 is 5.97 Å². The summed E-state index contributed by atoms with van der Waals surface area (Å²) < 4.78 is 15.2. The molecule has 0 spiro atoms. The predicted molar refractivity (Wildman–Crippen MR) is 59.4 cm³/mol. The fourth-order valence-electron chi connectivity index (χ4n) is 1.54. The zero-order chi connectivity index (χ0) is 12.4. The Labute approximate surface area is 97.3 Å². The second kappa shape index (κ2) is 4.37. The minimum atomic E-state index is -1.13. The fourth-order valence-corrected chi connectivity index (χ4v) is 1.54. The summed E-state index contributed by atoms with van der Waals surface area (Å²) in [5.41, 5.74) is 1.36. The Morgan fingerprint density at radius 3 is 2.82 bits per heavy atom. The second-order valence-corrected chi connectivity index (χ2v) is 3.83.